The lowest BCUT2D eigenvalue weighted by molar-refractivity contribution is -0.136. The molecular weight excluding hydrogens is 844 g/mol. The maximum atomic E-state index is 13.4. The molecule has 4 aromatic rings. The zero-order valence-electron chi connectivity index (χ0n) is 36.3. The van der Waals surface area contributed by atoms with Gasteiger partial charge in [0.2, 0.25) is 17.8 Å². The number of para-hydroxylation sites is 1. The molecule has 1 atom stereocenters. The summed E-state index contributed by atoms with van der Waals surface area (Å²) in [5, 5.41) is 11.6. The van der Waals surface area contributed by atoms with Gasteiger partial charge < -0.3 is 25.6 Å². The Labute approximate surface area is 373 Å². The summed E-state index contributed by atoms with van der Waals surface area (Å²) < 4.78 is 32.5. The van der Waals surface area contributed by atoms with E-state index in [1.54, 1.807) is 56.3 Å². The fourth-order valence-electron chi connectivity index (χ4n) is 8.42. The van der Waals surface area contributed by atoms with Crippen LogP contribution in [0.2, 0.25) is 5.02 Å². The topological polar surface area (TPSA) is 192 Å². The molecule has 4 N–H and O–H groups in total. The van der Waals surface area contributed by atoms with Crippen molar-refractivity contribution in [2.24, 2.45) is 0 Å². The molecule has 0 radical (unpaired) electrons. The van der Waals surface area contributed by atoms with Crippen LogP contribution in [0.3, 0.4) is 0 Å². The third-order valence-corrected chi connectivity index (χ3v) is 14.2. The van der Waals surface area contributed by atoms with Crippen LogP contribution in [0.25, 0.3) is 0 Å². The lowest BCUT2D eigenvalue weighted by atomic mass is 9.86. The molecular formula is C46H55ClN8O7S. The number of ether oxygens (including phenoxy) is 1. The van der Waals surface area contributed by atoms with Crippen molar-refractivity contribution in [2.75, 3.05) is 42.1 Å². The number of anilines is 5. The lowest BCUT2D eigenvalue weighted by Crippen LogP contribution is -2.54. The highest BCUT2D eigenvalue weighted by Crippen LogP contribution is 2.39. The van der Waals surface area contributed by atoms with Crippen LogP contribution >= 0.6 is 11.6 Å². The monoisotopic (exact) mass is 898 g/mol. The van der Waals surface area contributed by atoms with E-state index in [2.05, 4.69) is 55.2 Å². The van der Waals surface area contributed by atoms with Crippen LogP contribution in [0, 0.1) is 6.92 Å². The third kappa shape index (κ3) is 10.1. The van der Waals surface area contributed by atoms with Gasteiger partial charge in [-0.2, -0.15) is 4.98 Å². The molecule has 0 bridgehead atoms. The first-order valence-electron chi connectivity index (χ1n) is 21.6. The number of imide groups is 2. The highest BCUT2D eigenvalue weighted by Gasteiger charge is 2.45. The quantitative estimate of drug-likeness (QED) is 0.0595. The number of fused-ring (bicyclic) bond motifs is 1. The number of aromatic nitrogens is 2. The number of nitrogens with one attached hydrogen (secondary N) is 4. The molecule has 3 aliphatic heterocycles. The first kappa shape index (κ1) is 45.4. The normalized spacial score (nSPS) is 17.3. The Morgan fingerprint density at radius 3 is 2.37 bits per heavy atom. The van der Waals surface area contributed by atoms with Gasteiger partial charge in [-0.05, 0) is 140 Å². The number of benzene rings is 3. The van der Waals surface area contributed by atoms with E-state index in [1.165, 1.54) is 11.8 Å². The number of carbonyl (C=O) groups excluding carboxylic acids is 4. The van der Waals surface area contributed by atoms with E-state index in [4.69, 9.17) is 16.3 Å². The van der Waals surface area contributed by atoms with E-state index < -0.39 is 44.8 Å². The van der Waals surface area contributed by atoms with Crippen LogP contribution in [-0.4, -0.2) is 95.4 Å². The summed E-state index contributed by atoms with van der Waals surface area (Å²) in [7, 11) is -3.58. The van der Waals surface area contributed by atoms with Crippen molar-refractivity contribution in [1.82, 2.24) is 25.1 Å². The standard InChI is InChI=1S/C46H55ClN8O7S/c1-27(2)62-38-25-32(29(5)24-36(38)51-46-49-26-33(47)42(53-46)50-34-13-7-8-15-39(34)63(60,61)28(3)4)30-18-22-54(23-19-30)21-10-6-9-20-48-35-14-11-12-31-41(35)45(59)55(44(31)58)37-16-17-40(56)52-43(37)57/h7-8,11-15,24-28,30,37,48H,6,9-10,16-23H2,1-5H3,(H,52,56,57)(H2,49,50,51,53). The molecule has 17 heteroatoms. The molecule has 0 spiro atoms. The van der Waals surface area contributed by atoms with Gasteiger partial charge in [-0.25, -0.2) is 13.4 Å². The minimum Gasteiger partial charge on any atom is -0.489 e. The number of piperidine rings is 2. The highest BCUT2D eigenvalue weighted by atomic mass is 35.5. The molecule has 2 fully saturated rings. The van der Waals surface area contributed by atoms with E-state index in [1.807, 2.05) is 13.8 Å². The number of hydrogen-bond donors (Lipinski definition) is 4. The summed E-state index contributed by atoms with van der Waals surface area (Å²) in [6, 6.07) is 15.0. The van der Waals surface area contributed by atoms with Gasteiger partial charge >= 0.3 is 0 Å². The Morgan fingerprint density at radius 1 is 0.889 bits per heavy atom. The zero-order chi connectivity index (χ0) is 45.0. The molecule has 2 saturated heterocycles. The van der Waals surface area contributed by atoms with Crippen LogP contribution in [-0.2, 0) is 19.4 Å². The van der Waals surface area contributed by atoms with E-state index in [-0.39, 0.29) is 51.8 Å². The average molecular weight is 900 g/mol. The minimum atomic E-state index is -3.58. The largest absolute Gasteiger partial charge is 0.489 e. The number of halogens is 1. The number of hydrogen-bond acceptors (Lipinski definition) is 13. The van der Waals surface area contributed by atoms with Crippen molar-refractivity contribution in [3.63, 3.8) is 0 Å². The van der Waals surface area contributed by atoms with Gasteiger partial charge in [0.05, 0.1) is 44.9 Å². The number of sulfone groups is 1. The van der Waals surface area contributed by atoms with Gasteiger partial charge in [-0.1, -0.05) is 36.2 Å². The number of aryl methyl sites for hydroxylation is 1. The average Bonchev–Trinajstić information content (AvgIpc) is 3.50. The minimum absolute atomic E-state index is 0.0771. The van der Waals surface area contributed by atoms with Crippen molar-refractivity contribution in [2.45, 2.75) is 108 Å². The van der Waals surface area contributed by atoms with Gasteiger partial charge in [0.25, 0.3) is 11.8 Å². The molecule has 0 aliphatic carbocycles. The van der Waals surface area contributed by atoms with Crippen LogP contribution in [0.4, 0.5) is 28.8 Å². The van der Waals surface area contributed by atoms with Gasteiger partial charge in [0, 0.05) is 18.7 Å². The molecule has 1 unspecified atom stereocenters. The van der Waals surface area contributed by atoms with Crippen molar-refractivity contribution in [1.29, 1.82) is 0 Å². The van der Waals surface area contributed by atoms with Crippen molar-refractivity contribution in [3.8, 4) is 5.75 Å². The van der Waals surface area contributed by atoms with Crippen LogP contribution < -0.4 is 26.0 Å². The smallest absolute Gasteiger partial charge is 0.264 e. The predicted octanol–water partition coefficient (Wildman–Crippen LogP) is 7.76. The molecule has 3 aliphatic rings. The summed E-state index contributed by atoms with van der Waals surface area (Å²) in [5.41, 5.74) is 4.57. The van der Waals surface area contributed by atoms with Crippen molar-refractivity contribution in [3.05, 3.63) is 88.1 Å². The van der Waals surface area contributed by atoms with E-state index in [0.29, 0.717) is 35.3 Å². The second-order valence-electron chi connectivity index (χ2n) is 16.9. The molecule has 63 heavy (non-hydrogen) atoms. The Balaban J connectivity index is 0.914. The highest BCUT2D eigenvalue weighted by molar-refractivity contribution is 7.92. The SMILES string of the molecule is Cc1cc(Nc2ncc(Cl)c(Nc3ccccc3S(=O)(=O)C(C)C)n2)c(OC(C)C)cc1C1CCN(CCCCCNc2cccc3c2C(=O)N(C2CCC(=O)NC2=O)C3=O)CC1. The molecule has 7 rings (SSSR count). The molecule has 4 heterocycles. The van der Waals surface area contributed by atoms with Crippen molar-refractivity contribution < 1.29 is 32.3 Å². The number of rotatable bonds is 17. The Kier molecular flexibility index (Phi) is 14.0. The lowest BCUT2D eigenvalue weighted by Gasteiger charge is -2.33. The second-order valence-corrected chi connectivity index (χ2v) is 19.8. The summed E-state index contributed by atoms with van der Waals surface area (Å²) in [6.07, 6.45) is 6.51. The number of likely N-dealkylation sites (tertiary alicyclic amines) is 1. The summed E-state index contributed by atoms with van der Waals surface area (Å²) in [4.78, 5) is 63.4. The Bertz CT molecular complexity index is 2510. The fraction of sp³-hybridized carbons (Fsp3) is 0.435. The molecule has 4 amide bonds. The van der Waals surface area contributed by atoms with E-state index in [9.17, 15) is 27.6 Å². The first-order chi connectivity index (χ1) is 30.1. The van der Waals surface area contributed by atoms with Crippen LogP contribution in [0.15, 0.2) is 65.7 Å². The molecule has 1 aromatic heterocycles. The van der Waals surface area contributed by atoms with Gasteiger partial charge in [0.15, 0.2) is 15.7 Å². The number of amides is 4. The van der Waals surface area contributed by atoms with Gasteiger partial charge in [-0.15, -0.1) is 0 Å². The zero-order valence-corrected chi connectivity index (χ0v) is 37.9. The molecule has 15 nitrogen and oxygen atoms in total. The molecule has 334 valence electrons. The first-order valence-corrected chi connectivity index (χ1v) is 23.6. The van der Waals surface area contributed by atoms with E-state index in [0.717, 1.165) is 62.2 Å². The Hall–Kier alpha value is -5.58. The van der Waals surface area contributed by atoms with Crippen LogP contribution in [0.1, 0.15) is 110 Å². The molecule has 3 aromatic carbocycles. The van der Waals surface area contributed by atoms with Gasteiger partial charge in [0.1, 0.15) is 16.8 Å². The van der Waals surface area contributed by atoms with Crippen molar-refractivity contribution >= 4 is 73.9 Å². The number of unbranched alkanes of at least 4 members (excludes halogenated alkanes) is 2. The van der Waals surface area contributed by atoms with Gasteiger partial charge in [-0.3, -0.25) is 29.4 Å². The predicted molar refractivity (Wildman–Crippen MR) is 243 cm³/mol. The Morgan fingerprint density at radius 2 is 1.63 bits per heavy atom. The summed E-state index contributed by atoms with van der Waals surface area (Å²) >= 11 is 6.51. The third-order valence-electron chi connectivity index (χ3n) is 11.8. The van der Waals surface area contributed by atoms with E-state index >= 15 is 0 Å². The number of nitrogens with zero attached hydrogens (tertiary/aromatic N) is 4. The second kappa shape index (κ2) is 19.4. The van der Waals surface area contributed by atoms with Crippen LogP contribution in [0.5, 0.6) is 5.75 Å². The maximum absolute atomic E-state index is 13.4. The molecule has 0 saturated carbocycles. The summed E-state index contributed by atoms with van der Waals surface area (Å²) in [6.45, 7) is 12.9. The maximum Gasteiger partial charge on any atom is 0.264 e. The summed E-state index contributed by atoms with van der Waals surface area (Å²) in [5.74, 6) is -0.469. The fourth-order valence-corrected chi connectivity index (χ4v) is 9.76. The number of carbonyl (C=O) groups is 4.